The molecule has 26 heavy (non-hydrogen) atoms. The SMILES string of the molecule is O=c1[nH]c(=S)n(Cc2ccccc2C2CC(F)(F)CCN2)c2cc[nH]c12. The predicted octanol–water partition coefficient (Wildman–Crippen LogP) is 3.50. The lowest BCUT2D eigenvalue weighted by Crippen LogP contribution is -2.38. The summed E-state index contributed by atoms with van der Waals surface area (Å²) in [6, 6.07) is 8.89. The quantitative estimate of drug-likeness (QED) is 0.613. The highest BCUT2D eigenvalue weighted by Gasteiger charge is 2.37. The molecule has 3 heterocycles. The summed E-state index contributed by atoms with van der Waals surface area (Å²) in [6.45, 7) is 0.677. The molecule has 1 aromatic carbocycles. The minimum atomic E-state index is -2.66. The van der Waals surface area contributed by atoms with Crippen LogP contribution in [0.25, 0.3) is 11.0 Å². The number of piperidine rings is 1. The van der Waals surface area contributed by atoms with Crippen LogP contribution in [0.4, 0.5) is 8.78 Å². The van der Waals surface area contributed by atoms with Gasteiger partial charge in [0.2, 0.25) is 0 Å². The van der Waals surface area contributed by atoms with E-state index in [1.807, 2.05) is 28.8 Å². The molecule has 2 aromatic heterocycles. The van der Waals surface area contributed by atoms with Crippen molar-refractivity contribution in [3.63, 3.8) is 0 Å². The molecule has 0 aliphatic carbocycles. The molecule has 1 aliphatic rings. The number of H-pyrrole nitrogens is 2. The number of aromatic amines is 2. The fourth-order valence-corrected chi connectivity index (χ4v) is 3.83. The van der Waals surface area contributed by atoms with Crippen LogP contribution in [-0.4, -0.2) is 27.0 Å². The molecule has 3 N–H and O–H groups in total. The minimum absolute atomic E-state index is 0.138. The van der Waals surface area contributed by atoms with Crippen molar-refractivity contribution in [3.05, 3.63) is 62.8 Å². The molecule has 1 fully saturated rings. The van der Waals surface area contributed by atoms with Crippen molar-refractivity contribution < 1.29 is 8.78 Å². The fraction of sp³-hybridized carbons (Fsp3) is 0.333. The number of rotatable bonds is 3. The Kier molecular flexibility index (Phi) is 4.24. The molecule has 4 rings (SSSR count). The average Bonchev–Trinajstić information content (AvgIpc) is 3.08. The van der Waals surface area contributed by atoms with E-state index in [9.17, 15) is 13.6 Å². The largest absolute Gasteiger partial charge is 0.355 e. The summed E-state index contributed by atoms with van der Waals surface area (Å²) in [6.07, 6.45) is 1.32. The second-order valence-corrected chi connectivity index (χ2v) is 6.99. The van der Waals surface area contributed by atoms with Crippen molar-refractivity contribution in [2.45, 2.75) is 31.4 Å². The molecule has 136 valence electrons. The Morgan fingerprint density at radius 3 is 2.88 bits per heavy atom. The molecule has 3 aromatic rings. The molecular weight excluding hydrogens is 358 g/mol. The lowest BCUT2D eigenvalue weighted by molar-refractivity contribution is -0.0416. The molecule has 8 heteroatoms. The van der Waals surface area contributed by atoms with Gasteiger partial charge in [-0.3, -0.25) is 9.78 Å². The smallest absolute Gasteiger partial charge is 0.276 e. The lowest BCUT2D eigenvalue weighted by atomic mass is 9.91. The molecule has 5 nitrogen and oxygen atoms in total. The number of nitrogens with zero attached hydrogens (tertiary/aromatic N) is 1. The number of alkyl halides is 2. The van der Waals surface area contributed by atoms with Crippen LogP contribution in [0.5, 0.6) is 0 Å². The van der Waals surface area contributed by atoms with Gasteiger partial charge in [0.05, 0.1) is 12.1 Å². The van der Waals surface area contributed by atoms with E-state index in [0.717, 1.165) is 11.1 Å². The number of benzene rings is 1. The van der Waals surface area contributed by atoms with Gasteiger partial charge in [-0.15, -0.1) is 0 Å². The molecule has 0 radical (unpaired) electrons. The first kappa shape index (κ1) is 17.1. The standard InChI is InChI=1S/C18H18F2N4OS/c19-18(20)6-8-21-13(9-18)12-4-2-1-3-11(12)10-24-14-5-7-22-15(14)16(25)23-17(24)26/h1-5,7,13,21-22H,6,8-10H2,(H,23,25,26). The van der Waals surface area contributed by atoms with Gasteiger partial charge in [-0.2, -0.15) is 0 Å². The summed E-state index contributed by atoms with van der Waals surface area (Å²) < 4.78 is 29.8. The molecule has 0 bridgehead atoms. The van der Waals surface area contributed by atoms with Crippen molar-refractivity contribution in [3.8, 4) is 0 Å². The first-order chi connectivity index (χ1) is 12.4. The Balaban J connectivity index is 1.76. The summed E-state index contributed by atoms with van der Waals surface area (Å²) in [5.74, 6) is -2.66. The van der Waals surface area contributed by atoms with Gasteiger partial charge in [0.25, 0.3) is 11.5 Å². The second kappa shape index (κ2) is 6.44. The molecule has 0 saturated carbocycles. The van der Waals surface area contributed by atoms with Gasteiger partial charge in [0.15, 0.2) is 4.77 Å². The third-order valence-corrected chi connectivity index (χ3v) is 5.17. The Bertz CT molecular complexity index is 1070. The van der Waals surface area contributed by atoms with Crippen molar-refractivity contribution >= 4 is 23.3 Å². The van der Waals surface area contributed by atoms with Crippen LogP contribution in [0.3, 0.4) is 0 Å². The zero-order valence-electron chi connectivity index (χ0n) is 13.9. The number of fused-ring (bicyclic) bond motifs is 1. The summed E-state index contributed by atoms with van der Waals surface area (Å²) in [4.78, 5) is 17.6. The molecule has 1 aliphatic heterocycles. The summed E-state index contributed by atoms with van der Waals surface area (Å²) in [7, 11) is 0. The third kappa shape index (κ3) is 3.10. The number of nitrogens with one attached hydrogen (secondary N) is 3. The van der Waals surface area contributed by atoms with E-state index in [4.69, 9.17) is 12.2 Å². The van der Waals surface area contributed by atoms with Gasteiger partial charge in [0.1, 0.15) is 5.52 Å². The fourth-order valence-electron chi connectivity index (χ4n) is 3.57. The van der Waals surface area contributed by atoms with E-state index < -0.39 is 12.0 Å². The number of halogens is 2. The molecular formula is C18H18F2N4OS. The highest BCUT2D eigenvalue weighted by molar-refractivity contribution is 7.71. The van der Waals surface area contributed by atoms with E-state index in [2.05, 4.69) is 15.3 Å². The van der Waals surface area contributed by atoms with Gasteiger partial charge in [-0.1, -0.05) is 24.3 Å². The van der Waals surface area contributed by atoms with Crippen LogP contribution in [0, 0.1) is 4.77 Å². The van der Waals surface area contributed by atoms with E-state index in [-0.39, 0.29) is 24.9 Å². The highest BCUT2D eigenvalue weighted by Crippen LogP contribution is 2.35. The van der Waals surface area contributed by atoms with Crippen LogP contribution >= 0.6 is 12.2 Å². The van der Waals surface area contributed by atoms with Gasteiger partial charge in [-0.25, -0.2) is 8.78 Å². The second-order valence-electron chi connectivity index (χ2n) is 6.60. The first-order valence-electron chi connectivity index (χ1n) is 8.44. The first-order valence-corrected chi connectivity index (χ1v) is 8.85. The monoisotopic (exact) mass is 376 g/mol. The minimum Gasteiger partial charge on any atom is -0.355 e. The van der Waals surface area contributed by atoms with Crippen LogP contribution in [0.1, 0.15) is 30.0 Å². The number of hydrogen-bond donors (Lipinski definition) is 3. The molecule has 1 saturated heterocycles. The van der Waals surface area contributed by atoms with Gasteiger partial charge >= 0.3 is 0 Å². The zero-order valence-corrected chi connectivity index (χ0v) is 14.7. The summed E-state index contributed by atoms with van der Waals surface area (Å²) >= 11 is 5.33. The van der Waals surface area contributed by atoms with E-state index >= 15 is 0 Å². The van der Waals surface area contributed by atoms with Crippen molar-refractivity contribution in [1.29, 1.82) is 0 Å². The highest BCUT2D eigenvalue weighted by atomic mass is 32.1. The molecule has 1 unspecified atom stereocenters. The van der Waals surface area contributed by atoms with Gasteiger partial charge in [-0.05, 0) is 29.4 Å². The Morgan fingerprint density at radius 2 is 2.08 bits per heavy atom. The number of hydrogen-bond acceptors (Lipinski definition) is 3. The zero-order chi connectivity index (χ0) is 18.3. The molecule has 1 atom stereocenters. The topological polar surface area (TPSA) is 65.6 Å². The predicted molar refractivity (Wildman–Crippen MR) is 98.2 cm³/mol. The van der Waals surface area contributed by atoms with Crippen molar-refractivity contribution in [2.75, 3.05) is 6.54 Å². The van der Waals surface area contributed by atoms with E-state index in [1.54, 1.807) is 12.3 Å². The molecule has 0 spiro atoms. The maximum Gasteiger partial charge on any atom is 0.276 e. The number of aromatic nitrogens is 3. The van der Waals surface area contributed by atoms with Crippen LogP contribution < -0.4 is 10.9 Å². The normalized spacial score (nSPS) is 19.7. The maximum absolute atomic E-state index is 13.9. The Morgan fingerprint density at radius 1 is 1.27 bits per heavy atom. The lowest BCUT2D eigenvalue weighted by Gasteiger charge is -2.31. The van der Waals surface area contributed by atoms with E-state index in [0.29, 0.717) is 22.3 Å². The van der Waals surface area contributed by atoms with Crippen LogP contribution in [0.2, 0.25) is 0 Å². The van der Waals surface area contributed by atoms with Crippen LogP contribution in [0.15, 0.2) is 41.3 Å². The summed E-state index contributed by atoms with van der Waals surface area (Å²) in [5.41, 5.74) is 2.60. The van der Waals surface area contributed by atoms with Gasteiger partial charge in [0, 0.05) is 31.6 Å². The van der Waals surface area contributed by atoms with Crippen molar-refractivity contribution in [2.24, 2.45) is 0 Å². The van der Waals surface area contributed by atoms with Gasteiger partial charge < -0.3 is 14.9 Å². The Labute approximate surface area is 153 Å². The Hall–Kier alpha value is -2.32. The van der Waals surface area contributed by atoms with Crippen LogP contribution in [-0.2, 0) is 6.54 Å². The van der Waals surface area contributed by atoms with Crippen molar-refractivity contribution in [1.82, 2.24) is 19.9 Å². The molecule has 0 amide bonds. The third-order valence-electron chi connectivity index (χ3n) is 4.85. The average molecular weight is 376 g/mol. The maximum atomic E-state index is 13.9. The van der Waals surface area contributed by atoms with E-state index in [1.165, 1.54) is 0 Å². The summed E-state index contributed by atoms with van der Waals surface area (Å²) in [5, 5.41) is 3.19.